The summed E-state index contributed by atoms with van der Waals surface area (Å²) in [6.45, 7) is 4.14. The van der Waals surface area contributed by atoms with Crippen molar-refractivity contribution in [3.8, 4) is 0 Å². The molecule has 1 rings (SSSR count). The minimum absolute atomic E-state index is 0.0344. The van der Waals surface area contributed by atoms with Crippen molar-refractivity contribution in [2.75, 3.05) is 13.6 Å². The van der Waals surface area contributed by atoms with Gasteiger partial charge in [0.05, 0.1) is 0 Å². The molecule has 0 radical (unpaired) electrons. The van der Waals surface area contributed by atoms with Gasteiger partial charge in [-0.25, -0.2) is 4.72 Å². The first kappa shape index (κ1) is 14.2. The van der Waals surface area contributed by atoms with Crippen molar-refractivity contribution >= 4 is 21.8 Å². The third kappa shape index (κ3) is 3.58. The first-order valence-electron chi connectivity index (χ1n) is 5.71. The molecule has 1 N–H and O–H groups in total. The topological polar surface area (TPSA) is 49.4 Å². The van der Waals surface area contributed by atoms with Crippen molar-refractivity contribution in [1.82, 2.24) is 9.03 Å². The second-order valence-electron chi connectivity index (χ2n) is 4.67. The summed E-state index contributed by atoms with van der Waals surface area (Å²) in [4.78, 5) is 0. The standard InChI is InChI=1S/C10H21ClN2O2S/c1-8(2)13(3)16(14,15)12-7-9-5-4-6-10(9)11/h8-10,12H,4-7H2,1-3H3. The van der Waals surface area contributed by atoms with Crippen LogP contribution in [-0.2, 0) is 10.2 Å². The molecule has 0 amide bonds. The van der Waals surface area contributed by atoms with Gasteiger partial charge < -0.3 is 0 Å². The van der Waals surface area contributed by atoms with Gasteiger partial charge in [-0.2, -0.15) is 12.7 Å². The second kappa shape index (κ2) is 5.67. The molecule has 0 bridgehead atoms. The van der Waals surface area contributed by atoms with Crippen LogP contribution in [0.15, 0.2) is 0 Å². The van der Waals surface area contributed by atoms with Crippen LogP contribution >= 0.6 is 11.6 Å². The van der Waals surface area contributed by atoms with E-state index in [1.807, 2.05) is 13.8 Å². The number of alkyl halides is 1. The van der Waals surface area contributed by atoms with Crippen LogP contribution in [0.3, 0.4) is 0 Å². The molecule has 16 heavy (non-hydrogen) atoms. The Hall–Kier alpha value is 0.160. The summed E-state index contributed by atoms with van der Waals surface area (Å²) in [5.41, 5.74) is 0. The molecule has 0 saturated heterocycles. The predicted molar refractivity (Wildman–Crippen MR) is 66.8 cm³/mol. The lowest BCUT2D eigenvalue weighted by Gasteiger charge is -2.23. The summed E-state index contributed by atoms with van der Waals surface area (Å²) < 4.78 is 27.6. The Balaban J connectivity index is 2.48. The normalized spacial score (nSPS) is 26.9. The summed E-state index contributed by atoms with van der Waals surface area (Å²) in [7, 11) is -1.76. The Morgan fingerprint density at radius 3 is 2.50 bits per heavy atom. The minimum atomic E-state index is -3.35. The first-order chi connectivity index (χ1) is 7.34. The van der Waals surface area contributed by atoms with E-state index in [4.69, 9.17) is 11.6 Å². The second-order valence-corrected chi connectivity index (χ2v) is 7.05. The summed E-state index contributed by atoms with van der Waals surface area (Å²) >= 11 is 6.10. The zero-order valence-corrected chi connectivity index (χ0v) is 11.7. The smallest absolute Gasteiger partial charge is 0.202 e. The van der Waals surface area contributed by atoms with Crippen LogP contribution in [0, 0.1) is 5.92 Å². The van der Waals surface area contributed by atoms with E-state index in [2.05, 4.69) is 4.72 Å². The highest BCUT2D eigenvalue weighted by Crippen LogP contribution is 2.29. The van der Waals surface area contributed by atoms with E-state index in [9.17, 15) is 8.42 Å². The van der Waals surface area contributed by atoms with Crippen LogP contribution in [0.5, 0.6) is 0 Å². The molecule has 0 heterocycles. The number of nitrogens with zero attached hydrogens (tertiary/aromatic N) is 1. The molecule has 0 aliphatic heterocycles. The molecule has 6 heteroatoms. The Bertz CT molecular complexity index is 319. The van der Waals surface area contributed by atoms with Gasteiger partial charge in [0.25, 0.3) is 10.2 Å². The maximum absolute atomic E-state index is 11.8. The molecule has 2 atom stereocenters. The number of hydrogen-bond acceptors (Lipinski definition) is 2. The summed E-state index contributed by atoms with van der Waals surface area (Å²) in [5, 5.41) is 0.118. The van der Waals surface area contributed by atoms with Crippen molar-refractivity contribution in [1.29, 1.82) is 0 Å². The van der Waals surface area contributed by atoms with E-state index >= 15 is 0 Å². The number of halogens is 1. The van der Waals surface area contributed by atoms with Gasteiger partial charge in [0.2, 0.25) is 0 Å². The van der Waals surface area contributed by atoms with Gasteiger partial charge >= 0.3 is 0 Å². The third-order valence-corrected chi connectivity index (χ3v) is 5.49. The number of nitrogens with one attached hydrogen (secondary N) is 1. The summed E-state index contributed by atoms with van der Waals surface area (Å²) in [6, 6.07) is -0.0344. The fraction of sp³-hybridized carbons (Fsp3) is 1.00. The molecule has 0 aromatic carbocycles. The van der Waals surface area contributed by atoms with Gasteiger partial charge in [-0.3, -0.25) is 0 Å². The van der Waals surface area contributed by atoms with Gasteiger partial charge in [-0.1, -0.05) is 6.42 Å². The molecule has 96 valence electrons. The minimum Gasteiger partial charge on any atom is -0.202 e. The zero-order valence-electron chi connectivity index (χ0n) is 10.1. The Morgan fingerprint density at radius 1 is 1.44 bits per heavy atom. The lowest BCUT2D eigenvalue weighted by molar-refractivity contribution is 0.397. The van der Waals surface area contributed by atoms with E-state index < -0.39 is 10.2 Å². The van der Waals surface area contributed by atoms with E-state index in [1.54, 1.807) is 7.05 Å². The van der Waals surface area contributed by atoms with Crippen molar-refractivity contribution in [2.45, 2.75) is 44.5 Å². The van der Waals surface area contributed by atoms with E-state index in [-0.39, 0.29) is 17.3 Å². The number of hydrogen-bond donors (Lipinski definition) is 1. The fourth-order valence-corrected chi connectivity index (χ4v) is 3.37. The Morgan fingerprint density at radius 2 is 2.06 bits per heavy atom. The van der Waals surface area contributed by atoms with Crippen molar-refractivity contribution < 1.29 is 8.42 Å². The van der Waals surface area contributed by atoms with Crippen LogP contribution in [0.2, 0.25) is 0 Å². The Labute approximate surface area is 104 Å². The Kier molecular flexibility index (Phi) is 5.04. The molecule has 1 aliphatic carbocycles. The fourth-order valence-electron chi connectivity index (χ4n) is 1.81. The monoisotopic (exact) mass is 268 g/mol. The molecular formula is C10H21ClN2O2S. The largest absolute Gasteiger partial charge is 0.279 e. The van der Waals surface area contributed by atoms with Gasteiger partial charge in [0, 0.05) is 25.0 Å². The average Bonchev–Trinajstić information content (AvgIpc) is 2.60. The molecule has 1 saturated carbocycles. The van der Waals surface area contributed by atoms with Crippen LogP contribution < -0.4 is 4.72 Å². The molecule has 0 aromatic rings. The van der Waals surface area contributed by atoms with Gasteiger partial charge in [-0.05, 0) is 32.6 Å². The first-order valence-corrected chi connectivity index (χ1v) is 7.59. The number of rotatable bonds is 5. The van der Waals surface area contributed by atoms with Crippen molar-refractivity contribution in [3.05, 3.63) is 0 Å². The van der Waals surface area contributed by atoms with Crippen LogP contribution in [0.25, 0.3) is 0 Å². The SMILES string of the molecule is CC(C)N(C)S(=O)(=O)NCC1CCCC1Cl. The highest BCUT2D eigenvalue weighted by molar-refractivity contribution is 7.87. The quantitative estimate of drug-likeness (QED) is 0.770. The summed E-state index contributed by atoms with van der Waals surface area (Å²) in [6.07, 6.45) is 3.11. The van der Waals surface area contributed by atoms with E-state index in [0.29, 0.717) is 6.54 Å². The average molecular weight is 269 g/mol. The molecule has 1 fully saturated rings. The molecular weight excluding hydrogens is 248 g/mol. The highest BCUT2D eigenvalue weighted by atomic mass is 35.5. The van der Waals surface area contributed by atoms with Crippen molar-refractivity contribution in [2.24, 2.45) is 5.92 Å². The van der Waals surface area contributed by atoms with Crippen molar-refractivity contribution in [3.63, 3.8) is 0 Å². The molecule has 2 unspecified atom stereocenters. The summed E-state index contributed by atoms with van der Waals surface area (Å²) in [5.74, 6) is 0.275. The van der Waals surface area contributed by atoms with E-state index in [0.717, 1.165) is 19.3 Å². The van der Waals surface area contributed by atoms with Gasteiger partial charge in [0.15, 0.2) is 0 Å². The molecule has 1 aliphatic rings. The lowest BCUT2D eigenvalue weighted by Crippen LogP contribution is -2.43. The van der Waals surface area contributed by atoms with Gasteiger partial charge in [-0.15, -0.1) is 11.6 Å². The van der Waals surface area contributed by atoms with Crippen LogP contribution in [0.4, 0.5) is 0 Å². The van der Waals surface area contributed by atoms with Gasteiger partial charge in [0.1, 0.15) is 0 Å². The lowest BCUT2D eigenvalue weighted by atomic mass is 10.1. The molecule has 0 spiro atoms. The van der Waals surface area contributed by atoms with Crippen LogP contribution in [0.1, 0.15) is 33.1 Å². The maximum atomic E-state index is 11.8. The van der Waals surface area contributed by atoms with Crippen LogP contribution in [-0.4, -0.2) is 37.7 Å². The predicted octanol–water partition coefficient (Wildman–Crippen LogP) is 1.57. The zero-order chi connectivity index (χ0) is 12.3. The van der Waals surface area contributed by atoms with E-state index in [1.165, 1.54) is 4.31 Å². The molecule has 0 aromatic heterocycles. The molecule has 4 nitrogen and oxygen atoms in total. The maximum Gasteiger partial charge on any atom is 0.279 e. The highest BCUT2D eigenvalue weighted by Gasteiger charge is 2.28. The third-order valence-electron chi connectivity index (χ3n) is 3.20.